The molecule has 3 heterocycles. The zero-order valence-electron chi connectivity index (χ0n) is 27.8. The summed E-state index contributed by atoms with van der Waals surface area (Å²) in [6.45, 7) is 4.90. The minimum absolute atomic E-state index is 0.734. The van der Waals surface area contributed by atoms with Crippen LogP contribution in [0.2, 0.25) is 13.1 Å². The van der Waals surface area contributed by atoms with Crippen LogP contribution in [0.15, 0.2) is 162 Å². The van der Waals surface area contributed by atoms with Gasteiger partial charge in [-0.3, -0.25) is 0 Å². The normalized spacial score (nSPS) is 13.2. The molecule has 0 saturated heterocycles. The van der Waals surface area contributed by atoms with Gasteiger partial charge in [-0.2, -0.15) is 0 Å². The minimum Gasteiger partial charge on any atom is -0.455 e. The highest BCUT2D eigenvalue weighted by atomic mass is 28.3. The lowest BCUT2D eigenvalue weighted by molar-refractivity contribution is 0.673. The van der Waals surface area contributed by atoms with E-state index < -0.39 is 8.07 Å². The smallest absolute Gasteiger partial charge is 0.161 e. The summed E-state index contributed by atoms with van der Waals surface area (Å²) in [5, 5.41) is 7.34. The lowest BCUT2D eigenvalue weighted by Crippen LogP contribution is -2.49. The number of aromatic nitrogens is 2. The van der Waals surface area contributed by atoms with Crippen molar-refractivity contribution >= 4 is 51.2 Å². The molecule has 3 nitrogen and oxygen atoms in total. The van der Waals surface area contributed by atoms with Crippen LogP contribution in [-0.4, -0.2) is 18.0 Å². The van der Waals surface area contributed by atoms with E-state index in [-0.39, 0.29) is 0 Å². The third-order valence-electron chi connectivity index (χ3n) is 10.5. The van der Waals surface area contributed by atoms with Gasteiger partial charge >= 0.3 is 0 Å². The first-order valence-corrected chi connectivity index (χ1v) is 20.2. The third-order valence-corrected chi connectivity index (χ3v) is 14.1. The number of benzene rings is 7. The number of furan rings is 1. The van der Waals surface area contributed by atoms with E-state index in [4.69, 9.17) is 14.4 Å². The lowest BCUT2D eigenvalue weighted by Gasteiger charge is -2.19. The Balaban J connectivity index is 1.23. The standard InChI is InChI=1S/C46H32N2OSi/c1-50(2)41-20-9-8-16-35(41)44-37(18-11-21-42(44)50)46-47-38(32-24-22-30(23-25-32)29-12-4-3-5-13-29)28-39(48-46)34-17-10-19-40-43(34)36-27-26-31-14-6-7-15-33(31)45(36)49-40/h3-28H,1-2H3. The van der Waals surface area contributed by atoms with Crippen LogP contribution < -0.4 is 10.4 Å². The zero-order chi connectivity index (χ0) is 33.4. The van der Waals surface area contributed by atoms with Crippen molar-refractivity contribution in [1.82, 2.24) is 9.97 Å². The van der Waals surface area contributed by atoms with Crippen molar-refractivity contribution in [1.29, 1.82) is 0 Å². The molecule has 0 spiro atoms. The van der Waals surface area contributed by atoms with Crippen LogP contribution in [0.5, 0.6) is 0 Å². The van der Waals surface area contributed by atoms with Crippen LogP contribution >= 0.6 is 0 Å². The summed E-state index contributed by atoms with van der Waals surface area (Å²) in [5.41, 5.74) is 11.6. The number of rotatable bonds is 4. The molecule has 0 radical (unpaired) electrons. The van der Waals surface area contributed by atoms with Crippen molar-refractivity contribution in [3.8, 4) is 56.2 Å². The van der Waals surface area contributed by atoms with E-state index in [2.05, 4.69) is 171 Å². The Kier molecular flexibility index (Phi) is 6.33. The molecule has 2 aromatic heterocycles. The van der Waals surface area contributed by atoms with Gasteiger partial charge < -0.3 is 4.42 Å². The van der Waals surface area contributed by atoms with Crippen molar-refractivity contribution in [3.63, 3.8) is 0 Å². The Hall–Kier alpha value is -6.10. The zero-order valence-corrected chi connectivity index (χ0v) is 28.8. The molecule has 0 aliphatic carbocycles. The fraction of sp³-hybridized carbons (Fsp3) is 0.0435. The Labute approximate surface area is 291 Å². The monoisotopic (exact) mass is 656 g/mol. The molecule has 236 valence electrons. The average Bonchev–Trinajstić information content (AvgIpc) is 3.68. The maximum Gasteiger partial charge on any atom is 0.161 e. The van der Waals surface area contributed by atoms with Crippen LogP contribution in [0.25, 0.3) is 88.9 Å². The van der Waals surface area contributed by atoms with Gasteiger partial charge in [0.2, 0.25) is 0 Å². The number of fused-ring (bicyclic) bond motifs is 8. The fourth-order valence-corrected chi connectivity index (χ4v) is 11.1. The summed E-state index contributed by atoms with van der Waals surface area (Å²) in [4.78, 5) is 10.8. The number of hydrogen-bond donors (Lipinski definition) is 0. The second-order valence-corrected chi connectivity index (χ2v) is 18.1. The van der Waals surface area contributed by atoms with E-state index in [9.17, 15) is 0 Å². The van der Waals surface area contributed by atoms with Crippen molar-refractivity contribution < 1.29 is 4.42 Å². The largest absolute Gasteiger partial charge is 0.455 e. The molecule has 10 rings (SSSR count). The summed E-state index contributed by atoms with van der Waals surface area (Å²) in [7, 11) is -1.89. The molecule has 0 amide bonds. The predicted octanol–water partition coefficient (Wildman–Crippen LogP) is 11.0. The van der Waals surface area contributed by atoms with E-state index in [0.29, 0.717) is 0 Å². The first-order valence-electron chi connectivity index (χ1n) is 17.2. The van der Waals surface area contributed by atoms with Crippen LogP contribution in [0.1, 0.15) is 0 Å². The topological polar surface area (TPSA) is 38.9 Å². The summed E-state index contributed by atoms with van der Waals surface area (Å²) in [5.74, 6) is 0.734. The molecule has 0 fully saturated rings. The third kappa shape index (κ3) is 4.35. The summed E-state index contributed by atoms with van der Waals surface area (Å²) < 4.78 is 6.60. The van der Waals surface area contributed by atoms with Crippen LogP contribution in [0.3, 0.4) is 0 Å². The Morgan fingerprint density at radius 3 is 2.02 bits per heavy atom. The van der Waals surface area contributed by atoms with E-state index in [1.807, 2.05) is 0 Å². The summed E-state index contributed by atoms with van der Waals surface area (Å²) >= 11 is 0. The molecule has 0 saturated carbocycles. The Morgan fingerprint density at radius 1 is 0.480 bits per heavy atom. The highest BCUT2D eigenvalue weighted by Crippen LogP contribution is 2.41. The van der Waals surface area contributed by atoms with Crippen LogP contribution in [0.4, 0.5) is 0 Å². The van der Waals surface area contributed by atoms with E-state index in [1.54, 1.807) is 0 Å². The van der Waals surface area contributed by atoms with Crippen molar-refractivity contribution in [2.24, 2.45) is 0 Å². The van der Waals surface area contributed by atoms with Gasteiger partial charge in [0, 0.05) is 32.8 Å². The van der Waals surface area contributed by atoms with Crippen molar-refractivity contribution in [3.05, 3.63) is 158 Å². The highest BCUT2D eigenvalue weighted by Gasteiger charge is 2.38. The highest BCUT2D eigenvalue weighted by molar-refractivity contribution is 7.04. The number of nitrogens with zero attached hydrogens (tertiary/aromatic N) is 2. The molecule has 0 bridgehead atoms. The molecular formula is C46H32N2OSi. The van der Waals surface area contributed by atoms with Gasteiger partial charge in [0.25, 0.3) is 0 Å². The molecule has 50 heavy (non-hydrogen) atoms. The van der Waals surface area contributed by atoms with E-state index in [0.717, 1.165) is 66.6 Å². The van der Waals surface area contributed by atoms with Crippen molar-refractivity contribution in [2.75, 3.05) is 0 Å². The van der Waals surface area contributed by atoms with E-state index >= 15 is 0 Å². The molecular weight excluding hydrogens is 625 g/mol. The average molecular weight is 657 g/mol. The second kappa shape index (κ2) is 11.0. The quantitative estimate of drug-likeness (QED) is 0.177. The molecule has 4 heteroatoms. The van der Waals surface area contributed by atoms with Gasteiger partial charge in [0.1, 0.15) is 19.2 Å². The molecule has 1 aliphatic heterocycles. The van der Waals surface area contributed by atoms with Gasteiger partial charge in [-0.1, -0.05) is 153 Å². The maximum atomic E-state index is 6.60. The van der Waals surface area contributed by atoms with E-state index in [1.165, 1.54) is 32.6 Å². The minimum atomic E-state index is -1.89. The van der Waals surface area contributed by atoms with Crippen LogP contribution in [0, 0.1) is 0 Å². The first-order chi connectivity index (χ1) is 24.5. The number of hydrogen-bond acceptors (Lipinski definition) is 3. The Morgan fingerprint density at radius 2 is 1.14 bits per heavy atom. The van der Waals surface area contributed by atoms with Gasteiger partial charge in [0.05, 0.1) is 11.4 Å². The molecule has 0 atom stereocenters. The molecule has 1 aliphatic rings. The Bertz CT molecular complexity index is 2780. The van der Waals surface area contributed by atoms with Gasteiger partial charge in [-0.25, -0.2) is 9.97 Å². The molecule has 7 aromatic carbocycles. The summed E-state index contributed by atoms with van der Waals surface area (Å²) in [6, 6.07) is 56.1. The van der Waals surface area contributed by atoms with Gasteiger partial charge in [0.15, 0.2) is 5.82 Å². The van der Waals surface area contributed by atoms with Gasteiger partial charge in [-0.05, 0) is 56.2 Å². The maximum absolute atomic E-state index is 6.60. The van der Waals surface area contributed by atoms with Crippen LogP contribution in [-0.2, 0) is 0 Å². The van der Waals surface area contributed by atoms with Crippen molar-refractivity contribution in [2.45, 2.75) is 13.1 Å². The first kappa shape index (κ1) is 28.9. The lowest BCUT2D eigenvalue weighted by atomic mass is 9.97. The molecule has 0 unspecified atom stereocenters. The van der Waals surface area contributed by atoms with Gasteiger partial charge in [-0.15, -0.1) is 0 Å². The second-order valence-electron chi connectivity index (χ2n) is 13.7. The summed E-state index contributed by atoms with van der Waals surface area (Å²) in [6.07, 6.45) is 0. The molecule has 9 aromatic rings. The SMILES string of the molecule is C[Si]1(C)c2ccccc2-c2c(-c3nc(-c4ccc(-c5ccccc5)cc4)cc(-c4cccc5oc6c7ccccc7ccc6c45)n3)cccc21. The molecule has 0 N–H and O–H groups in total. The fourth-order valence-electron chi connectivity index (χ4n) is 8.03. The predicted molar refractivity (Wildman–Crippen MR) is 211 cm³/mol.